The second-order valence-corrected chi connectivity index (χ2v) is 28.4. The van der Waals surface area contributed by atoms with E-state index in [0.29, 0.717) is 17.4 Å². The van der Waals surface area contributed by atoms with E-state index in [1.165, 1.54) is 161 Å². The first kappa shape index (κ1) is 91.6. The number of quaternary nitrogens is 1. The normalized spacial score (nSPS) is 13.9. The van der Waals surface area contributed by atoms with Gasteiger partial charge in [-0.05, 0) is 122 Å². The molecule has 0 aromatic carbocycles. The lowest BCUT2D eigenvalue weighted by Gasteiger charge is -2.24. The van der Waals surface area contributed by atoms with E-state index in [-0.39, 0.29) is 32.0 Å². The van der Waals surface area contributed by atoms with Gasteiger partial charge >= 0.3 is 19.8 Å². The van der Waals surface area contributed by atoms with Crippen molar-refractivity contribution in [3.05, 3.63) is 158 Å². The number of rotatable bonds is 71. The van der Waals surface area contributed by atoms with Gasteiger partial charge in [0.2, 0.25) is 0 Å². The number of unbranched alkanes of at least 4 members (excludes halogenated alkanes) is 31. The highest BCUT2D eigenvalue weighted by atomic mass is 31.2. The van der Waals surface area contributed by atoms with Crippen molar-refractivity contribution in [1.29, 1.82) is 0 Å². The molecule has 1 N–H and O–H groups in total. The highest BCUT2D eigenvalue weighted by molar-refractivity contribution is 7.47. The van der Waals surface area contributed by atoms with Gasteiger partial charge in [-0.25, -0.2) is 4.57 Å². The van der Waals surface area contributed by atoms with Crippen LogP contribution in [0.3, 0.4) is 0 Å². The molecule has 9 nitrogen and oxygen atoms in total. The second kappa shape index (κ2) is 74.8. The first-order chi connectivity index (χ1) is 47.0. The van der Waals surface area contributed by atoms with E-state index in [2.05, 4.69) is 172 Å². The molecule has 96 heavy (non-hydrogen) atoms. The van der Waals surface area contributed by atoms with Crippen molar-refractivity contribution < 1.29 is 42.1 Å². The highest BCUT2D eigenvalue weighted by Gasteiger charge is 2.27. The smallest absolute Gasteiger partial charge is 0.462 e. The van der Waals surface area contributed by atoms with Crippen molar-refractivity contribution in [2.75, 3.05) is 47.5 Å². The Kier molecular flexibility index (Phi) is 71.4. The van der Waals surface area contributed by atoms with Crippen LogP contribution in [0.4, 0.5) is 0 Å². The van der Waals surface area contributed by atoms with Crippen LogP contribution < -0.4 is 0 Å². The molecule has 0 aliphatic carbocycles. The largest absolute Gasteiger partial charge is 0.472 e. The topological polar surface area (TPSA) is 108 Å². The lowest BCUT2D eigenvalue weighted by atomic mass is 10.0. The van der Waals surface area contributed by atoms with Gasteiger partial charge in [-0.1, -0.05) is 345 Å². The molecule has 0 radical (unpaired) electrons. The number of likely N-dealkylation sites (N-methyl/N-ethyl adjacent to an activating group) is 1. The summed E-state index contributed by atoms with van der Waals surface area (Å²) in [4.78, 5) is 36.0. The number of hydrogen-bond acceptors (Lipinski definition) is 7. The molecule has 0 heterocycles. The van der Waals surface area contributed by atoms with Gasteiger partial charge in [-0.15, -0.1) is 0 Å². The standard InChI is InChI=1S/C86H146NO8P/c1-6-8-10-12-14-16-18-20-22-24-26-28-30-32-34-36-38-40-41-42-43-44-45-47-48-50-52-54-56-58-60-62-64-66-68-70-72-74-76-78-85(88)92-82-84(83-94-96(90,91)93-81-80-87(3,4)5)95-86(89)79-77-75-73-71-69-67-65-63-61-59-57-55-53-51-49-46-39-37-35-33-31-29-27-25-23-21-19-17-15-13-11-9-7-2/h8-11,14-17,20-23,26-29,32-35,39,46,51,53,57,59,84H,6-7,12-13,18-19,24-25,30-31,36-38,40-45,47-50,52,54-56,58,60-83H2,1-5H3/p+1/b10-8-,11-9-,16-14-,17-15-,22-20-,23-21-,28-26-,29-27-,34-32-,35-33-,46-39-,53-51-,59-57-. The predicted molar refractivity (Wildman–Crippen MR) is 417 cm³/mol. The second-order valence-electron chi connectivity index (χ2n) is 27.0. The molecule has 0 bridgehead atoms. The van der Waals surface area contributed by atoms with Crippen LogP contribution in [-0.2, 0) is 32.7 Å². The zero-order valence-corrected chi connectivity index (χ0v) is 63.5. The number of carbonyl (C=O) groups excluding carboxylic acids is 2. The summed E-state index contributed by atoms with van der Waals surface area (Å²) in [6, 6.07) is 0. The molecule has 0 saturated carbocycles. The molecule has 2 unspecified atom stereocenters. The maximum Gasteiger partial charge on any atom is 0.472 e. The summed E-state index contributed by atoms with van der Waals surface area (Å²) < 4.78 is 34.8. The molecule has 0 aliphatic rings. The molecule has 0 fully saturated rings. The molecule has 0 aliphatic heterocycles. The molecule has 0 amide bonds. The van der Waals surface area contributed by atoms with Gasteiger partial charge in [0.15, 0.2) is 6.10 Å². The van der Waals surface area contributed by atoms with Crippen LogP contribution in [-0.4, -0.2) is 74.9 Å². The van der Waals surface area contributed by atoms with Crippen molar-refractivity contribution in [2.24, 2.45) is 0 Å². The van der Waals surface area contributed by atoms with Crippen molar-refractivity contribution in [3.63, 3.8) is 0 Å². The van der Waals surface area contributed by atoms with E-state index in [1.807, 2.05) is 21.1 Å². The summed E-state index contributed by atoms with van der Waals surface area (Å²) >= 11 is 0. The van der Waals surface area contributed by atoms with Crippen molar-refractivity contribution >= 4 is 19.8 Å². The van der Waals surface area contributed by atoms with Crippen LogP contribution in [0.2, 0.25) is 0 Å². The van der Waals surface area contributed by atoms with E-state index in [1.54, 1.807) is 0 Å². The van der Waals surface area contributed by atoms with Crippen molar-refractivity contribution in [2.45, 2.75) is 328 Å². The summed E-state index contributed by atoms with van der Waals surface area (Å²) in [5.41, 5.74) is 0. The van der Waals surface area contributed by atoms with Crippen molar-refractivity contribution in [3.8, 4) is 0 Å². The zero-order chi connectivity index (χ0) is 69.7. The van der Waals surface area contributed by atoms with Gasteiger partial charge in [0.25, 0.3) is 0 Å². The fraction of sp³-hybridized carbons (Fsp3) is 0.674. The third-order valence-electron chi connectivity index (χ3n) is 16.6. The highest BCUT2D eigenvalue weighted by Crippen LogP contribution is 2.43. The Morgan fingerprint density at radius 3 is 0.833 bits per heavy atom. The van der Waals surface area contributed by atoms with E-state index in [9.17, 15) is 19.0 Å². The van der Waals surface area contributed by atoms with Gasteiger partial charge in [-0.3, -0.25) is 18.6 Å². The molecular formula is C86H147NO8P+. The van der Waals surface area contributed by atoms with E-state index in [0.717, 1.165) is 128 Å². The molecule has 0 aromatic rings. The molecule has 548 valence electrons. The monoisotopic (exact) mass is 1350 g/mol. The fourth-order valence-electron chi connectivity index (χ4n) is 10.6. The molecule has 0 rings (SSSR count). The Morgan fingerprint density at radius 1 is 0.323 bits per heavy atom. The number of allylic oxidation sites excluding steroid dienone is 26. The summed E-state index contributed by atoms with van der Waals surface area (Å²) in [5, 5.41) is 0. The van der Waals surface area contributed by atoms with Crippen LogP contribution in [0.15, 0.2) is 158 Å². The third kappa shape index (κ3) is 78.6. The van der Waals surface area contributed by atoms with E-state index >= 15 is 0 Å². The maximum atomic E-state index is 12.9. The minimum absolute atomic E-state index is 0.0244. The zero-order valence-electron chi connectivity index (χ0n) is 62.6. The molecule has 0 aromatic heterocycles. The maximum absolute atomic E-state index is 12.9. The van der Waals surface area contributed by atoms with Crippen LogP contribution >= 0.6 is 7.82 Å². The summed E-state index contributed by atoms with van der Waals surface area (Å²) in [7, 11) is 1.46. The number of hydrogen-bond donors (Lipinski definition) is 1. The third-order valence-corrected chi connectivity index (χ3v) is 17.5. The van der Waals surface area contributed by atoms with Gasteiger partial charge in [0.05, 0.1) is 27.7 Å². The Balaban J connectivity index is 4.01. The first-order valence-electron chi connectivity index (χ1n) is 39.2. The summed E-state index contributed by atoms with van der Waals surface area (Å²) in [6.45, 7) is 4.21. The van der Waals surface area contributed by atoms with E-state index < -0.39 is 26.5 Å². The number of esters is 2. The summed E-state index contributed by atoms with van der Waals surface area (Å²) in [5.74, 6) is -0.804. The van der Waals surface area contributed by atoms with Crippen LogP contribution in [0.25, 0.3) is 0 Å². The van der Waals surface area contributed by atoms with Crippen LogP contribution in [0.5, 0.6) is 0 Å². The lowest BCUT2D eigenvalue weighted by molar-refractivity contribution is -0.870. The van der Waals surface area contributed by atoms with Crippen molar-refractivity contribution in [1.82, 2.24) is 0 Å². The number of carbonyl (C=O) groups is 2. The Bertz CT molecular complexity index is 2180. The van der Waals surface area contributed by atoms with Gasteiger partial charge < -0.3 is 18.9 Å². The van der Waals surface area contributed by atoms with Gasteiger partial charge in [-0.2, -0.15) is 0 Å². The molecule has 0 saturated heterocycles. The van der Waals surface area contributed by atoms with Gasteiger partial charge in [0.1, 0.15) is 19.8 Å². The number of nitrogens with zero attached hydrogens (tertiary/aromatic N) is 1. The van der Waals surface area contributed by atoms with Crippen LogP contribution in [0.1, 0.15) is 322 Å². The number of ether oxygens (including phenoxy) is 2. The minimum Gasteiger partial charge on any atom is -0.462 e. The average Bonchev–Trinajstić information content (AvgIpc) is 1.48. The molecule has 0 spiro atoms. The number of phosphoric acid groups is 1. The summed E-state index contributed by atoms with van der Waals surface area (Å²) in [6.07, 6.45) is 112. The Labute approximate surface area is 592 Å². The predicted octanol–water partition coefficient (Wildman–Crippen LogP) is 26.3. The van der Waals surface area contributed by atoms with Crippen LogP contribution in [0, 0.1) is 0 Å². The Morgan fingerprint density at radius 2 is 0.562 bits per heavy atom. The van der Waals surface area contributed by atoms with E-state index in [4.69, 9.17) is 18.5 Å². The lowest BCUT2D eigenvalue weighted by Crippen LogP contribution is -2.37. The Hall–Kier alpha value is -4.37. The van der Waals surface area contributed by atoms with Gasteiger partial charge in [0, 0.05) is 12.8 Å². The SMILES string of the molecule is CC/C=C\C/C=C\C/C=C\C/C=C\C/C=C\C/C=C\C/C=C\C/C=C\CCCCCCCCCCC(=O)OC(COC(=O)CCCCCCCCCCCCCCCCCCCCCCCCC/C=C\C/C=C\C/C=C\C/C=C\C/C=C\CC)COP(=O)(O)OCC[N+](C)(C)C. The number of phosphoric ester groups is 1. The average molecular weight is 1350 g/mol. The molecule has 10 heteroatoms. The fourth-order valence-corrected chi connectivity index (χ4v) is 11.4. The minimum atomic E-state index is -4.41. The molecular weight excluding hydrogens is 1210 g/mol. The first-order valence-corrected chi connectivity index (χ1v) is 40.7. The quantitative estimate of drug-likeness (QED) is 0.0211. The molecule has 2 atom stereocenters.